The summed E-state index contributed by atoms with van der Waals surface area (Å²) in [5.74, 6) is 0.769. The van der Waals surface area contributed by atoms with Crippen LogP contribution in [0.5, 0.6) is 0 Å². The van der Waals surface area contributed by atoms with Crippen LogP contribution in [0.3, 0.4) is 0 Å². The number of rotatable bonds is 1. The molecule has 2 nitrogen and oxygen atoms in total. The Morgan fingerprint density at radius 2 is 2.18 bits per heavy atom. The van der Waals surface area contributed by atoms with E-state index in [1.807, 2.05) is 0 Å². The second kappa shape index (κ2) is 2.50. The first-order valence-electron chi connectivity index (χ1n) is 4.26. The van der Waals surface area contributed by atoms with Crippen LogP contribution in [0.25, 0.3) is 0 Å². The van der Waals surface area contributed by atoms with Crippen molar-refractivity contribution in [2.24, 2.45) is 11.3 Å². The molecule has 0 aromatic heterocycles. The molecule has 0 bridgehead atoms. The summed E-state index contributed by atoms with van der Waals surface area (Å²) in [5, 5.41) is 2.95. The van der Waals surface area contributed by atoms with E-state index in [4.69, 9.17) is 0 Å². The van der Waals surface area contributed by atoms with Crippen molar-refractivity contribution in [2.75, 3.05) is 0 Å². The predicted molar refractivity (Wildman–Crippen MR) is 45.2 cm³/mol. The first-order valence-corrected chi connectivity index (χ1v) is 4.26. The van der Waals surface area contributed by atoms with Gasteiger partial charge < -0.3 is 5.32 Å². The van der Waals surface area contributed by atoms with Crippen LogP contribution in [-0.2, 0) is 4.79 Å². The Morgan fingerprint density at radius 1 is 1.64 bits per heavy atom. The molecule has 0 spiro atoms. The van der Waals surface area contributed by atoms with Gasteiger partial charge >= 0.3 is 0 Å². The maximum atomic E-state index is 11.1. The molecule has 1 aliphatic heterocycles. The largest absolute Gasteiger partial charge is 0.353 e. The molecule has 0 radical (unpaired) electrons. The van der Waals surface area contributed by atoms with Gasteiger partial charge in [-0.15, -0.1) is 0 Å². The van der Waals surface area contributed by atoms with Crippen LogP contribution >= 0.6 is 0 Å². The van der Waals surface area contributed by atoms with E-state index >= 15 is 0 Å². The van der Waals surface area contributed by atoms with Gasteiger partial charge in [0.2, 0.25) is 5.91 Å². The number of hydrogen-bond acceptors (Lipinski definition) is 1. The highest BCUT2D eigenvalue weighted by Gasteiger charge is 2.42. The van der Waals surface area contributed by atoms with Gasteiger partial charge in [-0.3, -0.25) is 4.79 Å². The van der Waals surface area contributed by atoms with E-state index in [1.165, 1.54) is 0 Å². The number of nitrogens with one attached hydrogen (secondary N) is 1. The lowest BCUT2D eigenvalue weighted by atomic mass is 9.74. The summed E-state index contributed by atoms with van der Waals surface area (Å²) in [6.45, 7) is 8.62. The fraction of sp³-hybridized carbons (Fsp3) is 0.889. The van der Waals surface area contributed by atoms with Gasteiger partial charge in [-0.25, -0.2) is 0 Å². The summed E-state index contributed by atoms with van der Waals surface area (Å²) in [4.78, 5) is 11.1. The number of hydrogen-bond donors (Lipinski definition) is 1. The fourth-order valence-corrected chi connectivity index (χ4v) is 1.66. The third kappa shape index (κ3) is 1.26. The average molecular weight is 155 g/mol. The average Bonchev–Trinajstić information content (AvgIpc) is 2.08. The van der Waals surface area contributed by atoms with Gasteiger partial charge in [-0.2, -0.15) is 0 Å². The molecular weight excluding hydrogens is 138 g/mol. The Kier molecular flexibility index (Phi) is 1.95. The summed E-state index contributed by atoms with van der Waals surface area (Å²) in [6.07, 6.45) is 0.686. The van der Waals surface area contributed by atoms with Crippen molar-refractivity contribution in [3.05, 3.63) is 0 Å². The van der Waals surface area contributed by atoms with Gasteiger partial charge in [0.25, 0.3) is 0 Å². The number of carbonyl (C=O) groups is 1. The van der Waals surface area contributed by atoms with E-state index in [0.717, 1.165) is 0 Å². The highest BCUT2D eigenvalue weighted by Crippen LogP contribution is 2.38. The Labute approximate surface area is 68.4 Å². The van der Waals surface area contributed by atoms with Gasteiger partial charge in [0.1, 0.15) is 0 Å². The van der Waals surface area contributed by atoms with E-state index in [9.17, 15) is 4.79 Å². The zero-order chi connectivity index (χ0) is 8.65. The molecule has 11 heavy (non-hydrogen) atoms. The molecule has 0 aliphatic carbocycles. The summed E-state index contributed by atoms with van der Waals surface area (Å²) in [6, 6.07) is 0.329. The van der Waals surface area contributed by atoms with E-state index in [0.29, 0.717) is 18.4 Å². The zero-order valence-electron chi connectivity index (χ0n) is 7.77. The first kappa shape index (κ1) is 8.57. The molecule has 0 aromatic rings. The molecule has 2 heteroatoms. The molecule has 2 atom stereocenters. The summed E-state index contributed by atoms with van der Waals surface area (Å²) in [5.41, 5.74) is 0.164. The third-order valence-corrected chi connectivity index (χ3v) is 3.23. The third-order valence-electron chi connectivity index (χ3n) is 3.23. The number of amides is 1. The van der Waals surface area contributed by atoms with Crippen LogP contribution in [0.4, 0.5) is 0 Å². The van der Waals surface area contributed by atoms with E-state index in [2.05, 4.69) is 33.0 Å². The van der Waals surface area contributed by atoms with Gasteiger partial charge in [-0.1, -0.05) is 20.8 Å². The highest BCUT2D eigenvalue weighted by molar-refractivity contribution is 5.79. The molecular formula is C9H17NO. The first-order chi connectivity index (χ1) is 4.97. The summed E-state index contributed by atoms with van der Waals surface area (Å²) >= 11 is 0. The van der Waals surface area contributed by atoms with Crippen molar-refractivity contribution >= 4 is 5.91 Å². The van der Waals surface area contributed by atoms with Crippen molar-refractivity contribution in [2.45, 2.75) is 40.2 Å². The minimum atomic E-state index is 0.164. The minimum Gasteiger partial charge on any atom is -0.353 e. The normalized spacial score (nSPS) is 37.9. The molecule has 1 heterocycles. The fourth-order valence-electron chi connectivity index (χ4n) is 1.66. The summed E-state index contributed by atoms with van der Waals surface area (Å²) in [7, 11) is 0. The Hall–Kier alpha value is -0.530. The van der Waals surface area contributed by atoms with Crippen LogP contribution in [0.15, 0.2) is 0 Å². The lowest BCUT2D eigenvalue weighted by Gasteiger charge is -2.31. The highest BCUT2D eigenvalue weighted by atomic mass is 16.2. The van der Waals surface area contributed by atoms with Gasteiger partial charge in [-0.05, 0) is 18.3 Å². The van der Waals surface area contributed by atoms with Gasteiger partial charge in [0.15, 0.2) is 0 Å². The molecule has 0 aromatic carbocycles. The van der Waals surface area contributed by atoms with Crippen molar-refractivity contribution < 1.29 is 4.79 Å². The monoisotopic (exact) mass is 155 g/mol. The van der Waals surface area contributed by atoms with Gasteiger partial charge in [0.05, 0.1) is 0 Å². The molecule has 1 amide bonds. The van der Waals surface area contributed by atoms with Crippen molar-refractivity contribution in [1.82, 2.24) is 5.32 Å². The quantitative estimate of drug-likeness (QED) is 0.611. The zero-order valence-corrected chi connectivity index (χ0v) is 7.77. The smallest absolute Gasteiger partial charge is 0.220 e. The maximum Gasteiger partial charge on any atom is 0.220 e. The van der Waals surface area contributed by atoms with E-state index in [1.54, 1.807) is 0 Å². The maximum absolute atomic E-state index is 11.1. The summed E-state index contributed by atoms with van der Waals surface area (Å²) < 4.78 is 0. The molecule has 0 saturated carbocycles. The van der Waals surface area contributed by atoms with Crippen LogP contribution in [0, 0.1) is 11.3 Å². The van der Waals surface area contributed by atoms with Crippen LogP contribution < -0.4 is 5.32 Å². The van der Waals surface area contributed by atoms with Crippen LogP contribution in [0.2, 0.25) is 0 Å². The lowest BCUT2D eigenvalue weighted by Crippen LogP contribution is -2.35. The minimum absolute atomic E-state index is 0.164. The van der Waals surface area contributed by atoms with E-state index < -0.39 is 0 Å². The lowest BCUT2D eigenvalue weighted by molar-refractivity contribution is -0.119. The Morgan fingerprint density at radius 3 is 2.36 bits per heavy atom. The SMILES string of the molecule is CC(C)C1(C)CC(=O)NC1C. The molecule has 1 fully saturated rings. The predicted octanol–water partition coefficient (Wildman–Crippen LogP) is 1.56. The topological polar surface area (TPSA) is 29.1 Å². The van der Waals surface area contributed by atoms with Gasteiger partial charge in [0, 0.05) is 12.5 Å². The molecule has 1 rings (SSSR count). The Bertz CT molecular complexity index is 176. The molecule has 64 valence electrons. The molecule has 1 aliphatic rings. The second-order valence-corrected chi connectivity index (χ2v) is 4.13. The standard InChI is InChI=1S/C9H17NO/c1-6(2)9(4)5-8(11)10-7(9)3/h6-7H,5H2,1-4H3,(H,10,11). The second-order valence-electron chi connectivity index (χ2n) is 4.13. The molecule has 1 N–H and O–H groups in total. The number of carbonyl (C=O) groups excluding carboxylic acids is 1. The Balaban J connectivity index is 2.78. The van der Waals surface area contributed by atoms with Crippen molar-refractivity contribution in [3.63, 3.8) is 0 Å². The molecule has 1 saturated heterocycles. The molecule has 2 unspecified atom stereocenters. The van der Waals surface area contributed by atoms with E-state index in [-0.39, 0.29) is 11.3 Å². The van der Waals surface area contributed by atoms with Crippen molar-refractivity contribution in [1.29, 1.82) is 0 Å². The van der Waals surface area contributed by atoms with Crippen LogP contribution in [0.1, 0.15) is 34.1 Å². The van der Waals surface area contributed by atoms with Crippen LogP contribution in [-0.4, -0.2) is 11.9 Å². The van der Waals surface area contributed by atoms with Crippen molar-refractivity contribution in [3.8, 4) is 0 Å².